The Labute approximate surface area is 165 Å². The van der Waals surface area contributed by atoms with Gasteiger partial charge in [-0.15, -0.1) is 0 Å². The number of likely N-dealkylation sites (N-methyl/N-ethyl adjacent to an activating group) is 2. The van der Waals surface area contributed by atoms with Gasteiger partial charge >= 0.3 is 0 Å². The highest BCUT2D eigenvalue weighted by Gasteiger charge is 2.35. The molecule has 2 heterocycles. The van der Waals surface area contributed by atoms with Crippen molar-refractivity contribution in [3.63, 3.8) is 0 Å². The molecule has 0 radical (unpaired) electrons. The van der Waals surface area contributed by atoms with Crippen LogP contribution < -0.4 is 0 Å². The topological polar surface area (TPSA) is 70.9 Å². The molecule has 28 heavy (non-hydrogen) atoms. The number of hydrogen-bond donors (Lipinski definition) is 0. The molecule has 150 valence electrons. The third kappa shape index (κ3) is 4.58. The summed E-state index contributed by atoms with van der Waals surface area (Å²) in [6, 6.07) is 9.31. The Hall–Kier alpha value is -2.71. The minimum Gasteiger partial charge on any atom is -0.375 e. The summed E-state index contributed by atoms with van der Waals surface area (Å²) in [6.07, 6.45) is 3.68. The fraction of sp³-hybridized carbons (Fsp3) is 0.450. The highest BCUT2D eigenvalue weighted by atomic mass is 16.5. The third-order valence-corrected chi connectivity index (χ3v) is 4.91. The normalized spacial score (nSPS) is 17.5. The Balaban J connectivity index is 1.69. The standard InChI is InChI=1S/C20H27N5O3/c1-22-9-10-24(19(26)15-28-3)18(14-22)20(27)23(2)12-16-11-21-25(13-16)17-7-5-4-6-8-17/h4-8,11,13,18H,9-10,12,14-15H2,1-3H3/t18-/m1/s1. The SMILES string of the molecule is COCC(=O)N1CCN(C)C[C@@H]1C(=O)N(C)Cc1cnn(-c2ccccc2)c1. The first-order valence-electron chi connectivity index (χ1n) is 9.30. The molecule has 0 N–H and O–H groups in total. The van der Waals surface area contributed by atoms with Crippen LogP contribution in [0.15, 0.2) is 42.7 Å². The molecule has 1 fully saturated rings. The predicted molar refractivity (Wildman–Crippen MR) is 105 cm³/mol. The number of ether oxygens (including phenoxy) is 1. The van der Waals surface area contributed by atoms with Gasteiger partial charge in [-0.3, -0.25) is 9.59 Å². The van der Waals surface area contributed by atoms with Crippen molar-refractivity contribution in [1.82, 2.24) is 24.5 Å². The summed E-state index contributed by atoms with van der Waals surface area (Å²) in [7, 11) is 5.21. The largest absolute Gasteiger partial charge is 0.375 e. The number of aromatic nitrogens is 2. The molecule has 8 nitrogen and oxygen atoms in total. The summed E-state index contributed by atoms with van der Waals surface area (Å²) >= 11 is 0. The zero-order valence-corrected chi connectivity index (χ0v) is 16.6. The van der Waals surface area contributed by atoms with Crippen molar-refractivity contribution in [3.05, 3.63) is 48.3 Å². The molecule has 2 aromatic rings. The van der Waals surface area contributed by atoms with Crippen LogP contribution in [0, 0.1) is 0 Å². The van der Waals surface area contributed by atoms with E-state index in [1.807, 2.05) is 43.6 Å². The molecule has 3 rings (SSSR count). The van der Waals surface area contributed by atoms with Crippen molar-refractivity contribution >= 4 is 11.8 Å². The Morgan fingerprint density at radius 3 is 2.71 bits per heavy atom. The number of para-hydroxylation sites is 1. The first kappa shape index (κ1) is 20.0. The molecular formula is C20H27N5O3. The molecule has 1 aromatic heterocycles. The van der Waals surface area contributed by atoms with Crippen molar-refractivity contribution in [3.8, 4) is 5.69 Å². The van der Waals surface area contributed by atoms with Crippen LogP contribution in [-0.2, 0) is 20.9 Å². The fourth-order valence-corrected chi connectivity index (χ4v) is 3.41. The number of piperazine rings is 1. The van der Waals surface area contributed by atoms with E-state index in [0.29, 0.717) is 19.6 Å². The molecule has 2 amide bonds. The molecule has 1 aliphatic rings. The number of amides is 2. The monoisotopic (exact) mass is 385 g/mol. The van der Waals surface area contributed by atoms with Gasteiger partial charge in [-0.05, 0) is 19.2 Å². The van der Waals surface area contributed by atoms with Crippen molar-refractivity contribution in [2.45, 2.75) is 12.6 Å². The maximum atomic E-state index is 13.1. The lowest BCUT2D eigenvalue weighted by Gasteiger charge is -2.40. The van der Waals surface area contributed by atoms with Crippen LogP contribution in [-0.4, -0.2) is 89.8 Å². The molecule has 0 unspecified atom stereocenters. The van der Waals surface area contributed by atoms with Crippen molar-refractivity contribution in [2.75, 3.05) is 47.4 Å². The van der Waals surface area contributed by atoms with E-state index >= 15 is 0 Å². The zero-order chi connectivity index (χ0) is 20.1. The van der Waals surface area contributed by atoms with Gasteiger partial charge in [0, 0.05) is 52.1 Å². The van der Waals surface area contributed by atoms with Gasteiger partial charge < -0.3 is 19.4 Å². The lowest BCUT2D eigenvalue weighted by atomic mass is 10.1. The highest BCUT2D eigenvalue weighted by Crippen LogP contribution is 2.14. The first-order valence-corrected chi connectivity index (χ1v) is 9.30. The summed E-state index contributed by atoms with van der Waals surface area (Å²) in [4.78, 5) is 30.8. The number of carbonyl (C=O) groups is 2. The van der Waals surface area contributed by atoms with E-state index < -0.39 is 6.04 Å². The second kappa shape index (κ2) is 8.99. The second-order valence-corrected chi connectivity index (χ2v) is 7.12. The van der Waals surface area contributed by atoms with E-state index in [0.717, 1.165) is 17.8 Å². The smallest absolute Gasteiger partial charge is 0.249 e. The lowest BCUT2D eigenvalue weighted by molar-refractivity contribution is -0.150. The van der Waals surface area contributed by atoms with Crippen LogP contribution >= 0.6 is 0 Å². The van der Waals surface area contributed by atoms with E-state index in [-0.39, 0.29) is 18.4 Å². The number of methoxy groups -OCH3 is 1. The number of hydrogen-bond acceptors (Lipinski definition) is 5. The molecule has 8 heteroatoms. The van der Waals surface area contributed by atoms with Gasteiger partial charge in [-0.2, -0.15) is 5.10 Å². The minimum atomic E-state index is -0.504. The van der Waals surface area contributed by atoms with Gasteiger partial charge in [0.15, 0.2) is 0 Å². The maximum absolute atomic E-state index is 13.1. The van der Waals surface area contributed by atoms with Crippen LogP contribution in [0.5, 0.6) is 0 Å². The van der Waals surface area contributed by atoms with Crippen LogP contribution in [0.1, 0.15) is 5.56 Å². The number of carbonyl (C=O) groups excluding carboxylic acids is 2. The Kier molecular flexibility index (Phi) is 6.43. The van der Waals surface area contributed by atoms with Gasteiger partial charge in [0.1, 0.15) is 12.6 Å². The van der Waals surface area contributed by atoms with E-state index in [4.69, 9.17) is 4.74 Å². The molecule has 0 bridgehead atoms. The fourth-order valence-electron chi connectivity index (χ4n) is 3.41. The Morgan fingerprint density at radius 1 is 1.25 bits per heavy atom. The van der Waals surface area contributed by atoms with Gasteiger partial charge in [-0.25, -0.2) is 4.68 Å². The molecule has 1 saturated heterocycles. The zero-order valence-electron chi connectivity index (χ0n) is 16.6. The summed E-state index contributed by atoms with van der Waals surface area (Å²) in [5.74, 6) is -0.234. The summed E-state index contributed by atoms with van der Waals surface area (Å²) in [5, 5.41) is 4.38. The average Bonchev–Trinajstić information content (AvgIpc) is 3.16. The number of nitrogens with zero attached hydrogens (tertiary/aromatic N) is 5. The van der Waals surface area contributed by atoms with Gasteiger partial charge in [-0.1, -0.05) is 18.2 Å². The predicted octanol–water partition coefficient (Wildman–Crippen LogP) is 0.620. The number of benzene rings is 1. The summed E-state index contributed by atoms with van der Waals surface area (Å²) < 4.78 is 6.76. The molecule has 1 aliphatic heterocycles. The second-order valence-electron chi connectivity index (χ2n) is 7.12. The van der Waals surface area contributed by atoms with Crippen LogP contribution in [0.3, 0.4) is 0 Å². The van der Waals surface area contributed by atoms with E-state index in [1.165, 1.54) is 7.11 Å². The summed E-state index contributed by atoms with van der Waals surface area (Å²) in [6.45, 7) is 2.20. The van der Waals surface area contributed by atoms with Crippen molar-refractivity contribution < 1.29 is 14.3 Å². The van der Waals surface area contributed by atoms with Crippen LogP contribution in [0.4, 0.5) is 0 Å². The Bertz CT molecular complexity index is 807. The van der Waals surface area contributed by atoms with Gasteiger partial charge in [0.05, 0.1) is 11.9 Å². The first-order chi connectivity index (χ1) is 13.5. The van der Waals surface area contributed by atoms with Gasteiger partial charge in [0.2, 0.25) is 11.8 Å². The van der Waals surface area contributed by atoms with Crippen LogP contribution in [0.2, 0.25) is 0 Å². The minimum absolute atomic E-state index is 0.0128. The van der Waals surface area contributed by atoms with Crippen LogP contribution in [0.25, 0.3) is 5.69 Å². The molecular weight excluding hydrogens is 358 g/mol. The summed E-state index contributed by atoms with van der Waals surface area (Å²) in [5.41, 5.74) is 1.90. The molecule has 1 atom stereocenters. The Morgan fingerprint density at radius 2 is 2.00 bits per heavy atom. The highest BCUT2D eigenvalue weighted by molar-refractivity contribution is 5.88. The average molecular weight is 385 g/mol. The van der Waals surface area contributed by atoms with E-state index in [2.05, 4.69) is 10.00 Å². The van der Waals surface area contributed by atoms with E-state index in [1.54, 1.807) is 27.7 Å². The maximum Gasteiger partial charge on any atom is 0.249 e. The van der Waals surface area contributed by atoms with E-state index in [9.17, 15) is 9.59 Å². The van der Waals surface area contributed by atoms with Crippen molar-refractivity contribution in [2.24, 2.45) is 0 Å². The molecule has 0 spiro atoms. The molecule has 0 saturated carbocycles. The lowest BCUT2D eigenvalue weighted by Crippen LogP contribution is -2.60. The molecule has 0 aliphatic carbocycles. The van der Waals surface area contributed by atoms with Gasteiger partial charge in [0.25, 0.3) is 0 Å². The quantitative estimate of drug-likeness (QED) is 0.729. The number of rotatable bonds is 6. The van der Waals surface area contributed by atoms with Crippen molar-refractivity contribution in [1.29, 1.82) is 0 Å². The third-order valence-electron chi connectivity index (χ3n) is 4.91. The molecule has 1 aromatic carbocycles.